The fraction of sp³-hybridized carbons (Fsp3) is 0.375. The molecule has 0 bridgehead atoms. The highest BCUT2D eigenvalue weighted by Crippen LogP contribution is 2.49. The van der Waals surface area contributed by atoms with Crippen LogP contribution in [-0.4, -0.2) is 67.6 Å². The van der Waals surface area contributed by atoms with E-state index in [1.165, 1.54) is 5.69 Å². The minimum atomic E-state index is -0.478. The minimum Gasteiger partial charge on any atom is -0.490 e. The van der Waals surface area contributed by atoms with Gasteiger partial charge in [-0.05, 0) is 67.3 Å². The van der Waals surface area contributed by atoms with Crippen LogP contribution in [0.3, 0.4) is 0 Å². The smallest absolute Gasteiger partial charge is 0.254 e. The Morgan fingerprint density at radius 1 is 0.821 bits per heavy atom. The molecule has 0 unspecified atom stereocenters. The molecule has 0 radical (unpaired) electrons. The molecule has 0 aromatic heterocycles. The number of carbonyl (C=O) groups is 2. The number of carbonyl (C=O) groups excluding carboxylic acids is 2. The standard InChI is InChI=1S/C32H35N3O4/c1-3-38-27-20-22-14-15-35-30(26(22)21-28(27)39-4-2)29(24-12-8-9-13-25(24)31(35)36)32(37)34-18-16-33(17-19-34)23-10-6-5-7-11-23/h5-13,20-21,29-30H,3-4,14-19H2,1-2H3/t29-,30-/m1/s1. The van der Waals surface area contributed by atoms with Crippen LogP contribution in [-0.2, 0) is 11.2 Å². The third-order valence-corrected chi connectivity index (χ3v) is 8.16. The molecule has 3 heterocycles. The molecule has 0 saturated carbocycles. The molecule has 3 aliphatic rings. The van der Waals surface area contributed by atoms with E-state index in [9.17, 15) is 9.59 Å². The van der Waals surface area contributed by atoms with Gasteiger partial charge in [0, 0.05) is 44.0 Å². The SMILES string of the molecule is CCOc1cc2c(cc1OCC)[C@@H]1[C@H](C(=O)N3CCN(c4ccccc4)CC3)c3ccccc3C(=O)N1CC2. The van der Waals surface area contributed by atoms with Gasteiger partial charge in [0.15, 0.2) is 11.5 Å². The molecule has 2 atom stereocenters. The molecule has 1 saturated heterocycles. The lowest BCUT2D eigenvalue weighted by Gasteiger charge is -2.47. The highest BCUT2D eigenvalue weighted by Gasteiger charge is 2.48. The minimum absolute atomic E-state index is 0.00829. The summed E-state index contributed by atoms with van der Waals surface area (Å²) in [4.78, 5) is 34.4. The molecule has 6 rings (SSSR count). The van der Waals surface area contributed by atoms with Crippen LogP contribution in [0.5, 0.6) is 11.5 Å². The lowest BCUT2D eigenvalue weighted by molar-refractivity contribution is -0.135. The average molecular weight is 526 g/mol. The van der Waals surface area contributed by atoms with E-state index in [1.54, 1.807) is 0 Å². The number of hydrogen-bond donors (Lipinski definition) is 0. The summed E-state index contributed by atoms with van der Waals surface area (Å²) in [5.74, 6) is 0.972. The van der Waals surface area contributed by atoms with Crippen LogP contribution in [0.1, 0.15) is 52.9 Å². The Kier molecular flexibility index (Phi) is 6.90. The monoisotopic (exact) mass is 525 g/mol. The van der Waals surface area contributed by atoms with E-state index in [4.69, 9.17) is 9.47 Å². The van der Waals surface area contributed by atoms with Crippen LogP contribution in [0.4, 0.5) is 5.69 Å². The summed E-state index contributed by atoms with van der Waals surface area (Å²) in [6.07, 6.45) is 0.711. The van der Waals surface area contributed by atoms with Crippen LogP contribution in [0.25, 0.3) is 0 Å². The van der Waals surface area contributed by atoms with Gasteiger partial charge in [0.2, 0.25) is 5.91 Å². The van der Waals surface area contributed by atoms with Crippen molar-refractivity contribution < 1.29 is 19.1 Å². The Balaban J connectivity index is 1.38. The normalized spacial score (nSPS) is 20.2. The van der Waals surface area contributed by atoms with Crippen molar-refractivity contribution in [1.29, 1.82) is 0 Å². The van der Waals surface area contributed by atoms with Crippen LogP contribution in [0.15, 0.2) is 66.7 Å². The number of para-hydroxylation sites is 1. The van der Waals surface area contributed by atoms with Crippen LogP contribution in [0.2, 0.25) is 0 Å². The van der Waals surface area contributed by atoms with Gasteiger partial charge >= 0.3 is 0 Å². The van der Waals surface area contributed by atoms with Gasteiger partial charge in [-0.15, -0.1) is 0 Å². The Morgan fingerprint density at radius 3 is 2.21 bits per heavy atom. The lowest BCUT2D eigenvalue weighted by atomic mass is 9.75. The van der Waals surface area contributed by atoms with E-state index < -0.39 is 5.92 Å². The topological polar surface area (TPSA) is 62.3 Å². The summed E-state index contributed by atoms with van der Waals surface area (Å²) in [7, 11) is 0. The van der Waals surface area contributed by atoms with Crippen molar-refractivity contribution >= 4 is 17.5 Å². The molecule has 7 nitrogen and oxygen atoms in total. The molecular weight excluding hydrogens is 490 g/mol. The highest BCUT2D eigenvalue weighted by atomic mass is 16.5. The number of hydrogen-bond acceptors (Lipinski definition) is 5. The second-order valence-corrected chi connectivity index (χ2v) is 10.3. The van der Waals surface area contributed by atoms with Crippen molar-refractivity contribution in [2.75, 3.05) is 50.8 Å². The van der Waals surface area contributed by atoms with Gasteiger partial charge in [-0.2, -0.15) is 0 Å². The fourth-order valence-electron chi connectivity index (χ4n) is 6.36. The Morgan fingerprint density at radius 2 is 1.49 bits per heavy atom. The number of piperazine rings is 1. The fourth-order valence-corrected chi connectivity index (χ4v) is 6.36. The molecule has 3 aromatic carbocycles. The summed E-state index contributed by atoms with van der Waals surface area (Å²) >= 11 is 0. The van der Waals surface area contributed by atoms with Gasteiger partial charge in [0.25, 0.3) is 5.91 Å². The first-order valence-corrected chi connectivity index (χ1v) is 14.0. The number of fused-ring (bicyclic) bond motifs is 4. The number of ether oxygens (including phenoxy) is 2. The van der Waals surface area contributed by atoms with E-state index in [-0.39, 0.29) is 17.9 Å². The molecule has 1 fully saturated rings. The average Bonchev–Trinajstić information content (AvgIpc) is 2.98. The van der Waals surface area contributed by atoms with Crippen LogP contribution in [0, 0.1) is 0 Å². The van der Waals surface area contributed by atoms with E-state index in [1.807, 2.05) is 78.2 Å². The van der Waals surface area contributed by atoms with E-state index in [0.717, 1.165) is 29.8 Å². The molecule has 202 valence electrons. The summed E-state index contributed by atoms with van der Waals surface area (Å²) in [5.41, 5.74) is 4.73. The van der Waals surface area contributed by atoms with Crippen molar-refractivity contribution in [3.63, 3.8) is 0 Å². The van der Waals surface area contributed by atoms with Crippen molar-refractivity contribution in [2.45, 2.75) is 32.2 Å². The van der Waals surface area contributed by atoms with Gasteiger partial charge in [-0.25, -0.2) is 0 Å². The Hall–Kier alpha value is -4.00. The van der Waals surface area contributed by atoms with Gasteiger partial charge in [0.1, 0.15) is 0 Å². The molecule has 0 N–H and O–H groups in total. The number of amides is 2. The highest BCUT2D eigenvalue weighted by molar-refractivity contribution is 6.01. The van der Waals surface area contributed by atoms with Crippen molar-refractivity contribution in [2.24, 2.45) is 0 Å². The number of benzene rings is 3. The predicted octanol–water partition coefficient (Wildman–Crippen LogP) is 4.67. The summed E-state index contributed by atoms with van der Waals surface area (Å²) in [6.45, 7) is 8.36. The quantitative estimate of drug-likeness (QED) is 0.468. The maximum atomic E-state index is 14.4. The zero-order valence-corrected chi connectivity index (χ0v) is 22.6. The van der Waals surface area contributed by atoms with Crippen molar-refractivity contribution in [3.05, 3.63) is 89.0 Å². The van der Waals surface area contributed by atoms with Gasteiger partial charge in [-0.1, -0.05) is 36.4 Å². The van der Waals surface area contributed by atoms with E-state index in [2.05, 4.69) is 17.0 Å². The number of nitrogens with zero attached hydrogens (tertiary/aromatic N) is 3. The first-order chi connectivity index (χ1) is 19.1. The van der Waals surface area contributed by atoms with Gasteiger partial charge in [-0.3, -0.25) is 9.59 Å². The molecule has 3 aliphatic heterocycles. The third kappa shape index (κ3) is 4.50. The Bertz CT molecular complexity index is 1370. The zero-order valence-electron chi connectivity index (χ0n) is 22.6. The van der Waals surface area contributed by atoms with E-state index in [0.29, 0.717) is 56.3 Å². The first-order valence-electron chi connectivity index (χ1n) is 14.0. The first kappa shape index (κ1) is 25.3. The molecule has 39 heavy (non-hydrogen) atoms. The second-order valence-electron chi connectivity index (χ2n) is 10.3. The Labute approximate surface area is 229 Å². The molecule has 0 aliphatic carbocycles. The number of rotatable bonds is 6. The van der Waals surface area contributed by atoms with Crippen molar-refractivity contribution in [1.82, 2.24) is 9.80 Å². The third-order valence-electron chi connectivity index (χ3n) is 8.16. The largest absolute Gasteiger partial charge is 0.490 e. The summed E-state index contributed by atoms with van der Waals surface area (Å²) in [6, 6.07) is 21.7. The van der Waals surface area contributed by atoms with Gasteiger partial charge < -0.3 is 24.2 Å². The maximum absolute atomic E-state index is 14.4. The second kappa shape index (κ2) is 10.6. The lowest BCUT2D eigenvalue weighted by Crippen LogP contribution is -2.54. The van der Waals surface area contributed by atoms with Crippen LogP contribution >= 0.6 is 0 Å². The molecular formula is C32H35N3O4. The molecule has 7 heteroatoms. The van der Waals surface area contributed by atoms with E-state index >= 15 is 0 Å². The maximum Gasteiger partial charge on any atom is 0.254 e. The van der Waals surface area contributed by atoms with Crippen molar-refractivity contribution in [3.8, 4) is 11.5 Å². The van der Waals surface area contributed by atoms with Crippen LogP contribution < -0.4 is 14.4 Å². The summed E-state index contributed by atoms with van der Waals surface area (Å²) < 4.78 is 11.9. The predicted molar refractivity (Wildman–Crippen MR) is 151 cm³/mol. The summed E-state index contributed by atoms with van der Waals surface area (Å²) in [5, 5.41) is 0. The molecule has 0 spiro atoms. The number of anilines is 1. The zero-order chi connectivity index (χ0) is 26.9. The molecule has 2 amide bonds. The molecule has 3 aromatic rings. The van der Waals surface area contributed by atoms with Gasteiger partial charge in [0.05, 0.1) is 25.2 Å².